The van der Waals surface area contributed by atoms with Crippen LogP contribution < -0.4 is 4.74 Å². The molecule has 1 aromatic rings. The van der Waals surface area contributed by atoms with Crippen LogP contribution in [0.15, 0.2) is 24.3 Å². The van der Waals surface area contributed by atoms with E-state index in [9.17, 15) is 9.90 Å². The van der Waals surface area contributed by atoms with Crippen molar-refractivity contribution >= 4 is 5.91 Å². The first-order valence-electron chi connectivity index (χ1n) is 8.12. The molecule has 1 saturated carbocycles. The van der Waals surface area contributed by atoms with Gasteiger partial charge < -0.3 is 14.7 Å². The molecule has 1 fully saturated rings. The molecule has 22 heavy (non-hydrogen) atoms. The molecule has 1 aliphatic carbocycles. The maximum atomic E-state index is 12.3. The lowest BCUT2D eigenvalue weighted by Gasteiger charge is -2.33. The Balaban J connectivity index is 1.86. The van der Waals surface area contributed by atoms with Gasteiger partial charge in [0.2, 0.25) is 5.91 Å². The van der Waals surface area contributed by atoms with Crippen LogP contribution in [0.5, 0.6) is 5.75 Å². The van der Waals surface area contributed by atoms with Crippen molar-refractivity contribution in [2.75, 3.05) is 20.7 Å². The highest BCUT2D eigenvalue weighted by molar-refractivity contribution is 5.77. The van der Waals surface area contributed by atoms with Crippen molar-refractivity contribution in [3.05, 3.63) is 29.8 Å². The van der Waals surface area contributed by atoms with E-state index in [0.717, 1.165) is 43.4 Å². The van der Waals surface area contributed by atoms with Gasteiger partial charge in [-0.05, 0) is 30.9 Å². The van der Waals surface area contributed by atoms with Crippen LogP contribution >= 0.6 is 0 Å². The Kier molecular flexibility index (Phi) is 5.83. The van der Waals surface area contributed by atoms with Crippen LogP contribution in [0.2, 0.25) is 0 Å². The molecule has 0 heterocycles. The molecular formula is C18H27NO3. The predicted octanol–water partition coefficient (Wildman–Crippen LogP) is 2.78. The fourth-order valence-corrected chi connectivity index (χ4v) is 3.13. The van der Waals surface area contributed by atoms with Crippen molar-refractivity contribution in [3.63, 3.8) is 0 Å². The second-order valence-corrected chi connectivity index (χ2v) is 6.34. The zero-order chi connectivity index (χ0) is 16.0. The minimum atomic E-state index is -0.784. The highest BCUT2D eigenvalue weighted by Gasteiger charge is 2.32. The van der Waals surface area contributed by atoms with Gasteiger partial charge in [-0.2, -0.15) is 0 Å². The molecule has 1 amide bonds. The van der Waals surface area contributed by atoms with E-state index in [0.29, 0.717) is 6.54 Å². The lowest BCUT2D eigenvalue weighted by Crippen LogP contribution is -2.39. The minimum Gasteiger partial charge on any atom is -0.496 e. The largest absolute Gasteiger partial charge is 0.496 e. The summed E-state index contributed by atoms with van der Waals surface area (Å²) in [6.07, 6.45) is 5.71. The molecule has 0 spiro atoms. The third-order valence-corrected chi connectivity index (χ3v) is 4.60. The molecule has 4 heteroatoms. The first kappa shape index (κ1) is 16.8. The molecule has 2 rings (SSSR count). The number of ether oxygens (including phenoxy) is 1. The molecule has 1 aromatic carbocycles. The van der Waals surface area contributed by atoms with Gasteiger partial charge in [-0.3, -0.25) is 4.79 Å². The Morgan fingerprint density at radius 3 is 2.64 bits per heavy atom. The number of hydrogen-bond donors (Lipinski definition) is 1. The molecular weight excluding hydrogens is 278 g/mol. The van der Waals surface area contributed by atoms with E-state index in [1.165, 1.54) is 6.42 Å². The fourth-order valence-electron chi connectivity index (χ4n) is 3.13. The van der Waals surface area contributed by atoms with Gasteiger partial charge in [0.25, 0.3) is 0 Å². The summed E-state index contributed by atoms with van der Waals surface area (Å²) in [5, 5.41) is 10.5. The van der Waals surface area contributed by atoms with E-state index in [4.69, 9.17) is 4.74 Å². The smallest absolute Gasteiger partial charge is 0.225 e. The SMILES string of the molecule is COc1ccccc1CCN(C)C(=O)CC1(O)CCCCC1. The standard InChI is InChI=1S/C18H27NO3/c1-19(13-10-15-8-4-5-9-16(15)22-2)17(20)14-18(21)11-6-3-7-12-18/h4-5,8-9,21H,3,6-7,10-14H2,1-2H3. The van der Waals surface area contributed by atoms with Crippen LogP contribution in [0.4, 0.5) is 0 Å². The lowest BCUT2D eigenvalue weighted by molar-refractivity contribution is -0.136. The van der Waals surface area contributed by atoms with E-state index in [2.05, 4.69) is 0 Å². The van der Waals surface area contributed by atoms with Crippen LogP contribution in [0.3, 0.4) is 0 Å². The number of carbonyl (C=O) groups is 1. The molecule has 122 valence electrons. The Labute approximate surface area is 133 Å². The molecule has 0 aromatic heterocycles. The first-order valence-corrected chi connectivity index (χ1v) is 8.12. The van der Waals surface area contributed by atoms with Crippen molar-refractivity contribution in [1.29, 1.82) is 0 Å². The summed E-state index contributed by atoms with van der Waals surface area (Å²) < 4.78 is 5.33. The second-order valence-electron chi connectivity index (χ2n) is 6.34. The zero-order valence-electron chi connectivity index (χ0n) is 13.7. The second kappa shape index (κ2) is 7.63. The number of benzene rings is 1. The van der Waals surface area contributed by atoms with E-state index in [-0.39, 0.29) is 12.3 Å². The predicted molar refractivity (Wildman–Crippen MR) is 87.0 cm³/mol. The third kappa shape index (κ3) is 4.47. The van der Waals surface area contributed by atoms with Crippen molar-refractivity contribution < 1.29 is 14.6 Å². The van der Waals surface area contributed by atoms with E-state index >= 15 is 0 Å². The van der Waals surface area contributed by atoms with Gasteiger partial charge >= 0.3 is 0 Å². The topological polar surface area (TPSA) is 49.8 Å². The maximum Gasteiger partial charge on any atom is 0.225 e. The number of hydrogen-bond acceptors (Lipinski definition) is 3. The Morgan fingerprint density at radius 2 is 1.95 bits per heavy atom. The van der Waals surface area contributed by atoms with Crippen LogP contribution in [-0.4, -0.2) is 42.2 Å². The van der Waals surface area contributed by atoms with Gasteiger partial charge in [-0.25, -0.2) is 0 Å². The average Bonchev–Trinajstić information content (AvgIpc) is 2.53. The van der Waals surface area contributed by atoms with Crippen LogP contribution in [-0.2, 0) is 11.2 Å². The highest BCUT2D eigenvalue weighted by atomic mass is 16.5. The van der Waals surface area contributed by atoms with Crippen LogP contribution in [0.25, 0.3) is 0 Å². The molecule has 4 nitrogen and oxygen atoms in total. The molecule has 0 bridgehead atoms. The van der Waals surface area contributed by atoms with E-state index < -0.39 is 5.60 Å². The van der Waals surface area contributed by atoms with Gasteiger partial charge in [-0.1, -0.05) is 37.5 Å². The summed E-state index contributed by atoms with van der Waals surface area (Å²) in [5.41, 5.74) is 0.314. The quantitative estimate of drug-likeness (QED) is 0.879. The maximum absolute atomic E-state index is 12.3. The van der Waals surface area contributed by atoms with Crippen molar-refractivity contribution in [3.8, 4) is 5.75 Å². The molecule has 1 N–H and O–H groups in total. The number of methoxy groups -OCH3 is 1. The highest BCUT2D eigenvalue weighted by Crippen LogP contribution is 2.31. The zero-order valence-corrected chi connectivity index (χ0v) is 13.7. The number of para-hydroxylation sites is 1. The van der Waals surface area contributed by atoms with Gasteiger partial charge in [0.15, 0.2) is 0 Å². The van der Waals surface area contributed by atoms with Crippen molar-refractivity contribution in [1.82, 2.24) is 4.90 Å². The third-order valence-electron chi connectivity index (χ3n) is 4.60. The molecule has 1 aliphatic rings. The van der Waals surface area contributed by atoms with E-state index in [1.54, 1.807) is 12.0 Å². The summed E-state index contributed by atoms with van der Waals surface area (Å²) in [6.45, 7) is 0.634. The number of likely N-dealkylation sites (N-methyl/N-ethyl adjacent to an activating group) is 1. The average molecular weight is 305 g/mol. The number of amides is 1. The van der Waals surface area contributed by atoms with Gasteiger partial charge in [0, 0.05) is 13.6 Å². The normalized spacial score (nSPS) is 17.0. The molecule has 0 saturated heterocycles. The van der Waals surface area contributed by atoms with E-state index in [1.807, 2.05) is 31.3 Å². The Hall–Kier alpha value is -1.55. The molecule has 0 atom stereocenters. The summed E-state index contributed by atoms with van der Waals surface area (Å²) in [6, 6.07) is 7.87. The number of carbonyl (C=O) groups excluding carboxylic acids is 1. The summed E-state index contributed by atoms with van der Waals surface area (Å²) in [5.74, 6) is 0.883. The van der Waals surface area contributed by atoms with Gasteiger partial charge in [0.05, 0.1) is 19.1 Å². The Bertz CT molecular complexity index is 495. The van der Waals surface area contributed by atoms with Gasteiger partial charge in [-0.15, -0.1) is 0 Å². The number of nitrogens with zero attached hydrogens (tertiary/aromatic N) is 1. The number of aliphatic hydroxyl groups is 1. The molecule has 0 radical (unpaired) electrons. The number of rotatable bonds is 6. The fraction of sp³-hybridized carbons (Fsp3) is 0.611. The molecule has 0 aliphatic heterocycles. The van der Waals surface area contributed by atoms with Crippen LogP contribution in [0.1, 0.15) is 44.1 Å². The van der Waals surface area contributed by atoms with Gasteiger partial charge in [0.1, 0.15) is 5.75 Å². The first-order chi connectivity index (χ1) is 10.5. The summed E-state index contributed by atoms with van der Waals surface area (Å²) in [7, 11) is 3.47. The van der Waals surface area contributed by atoms with Crippen molar-refractivity contribution in [2.24, 2.45) is 0 Å². The summed E-state index contributed by atoms with van der Waals surface area (Å²) >= 11 is 0. The summed E-state index contributed by atoms with van der Waals surface area (Å²) in [4.78, 5) is 14.0. The molecule has 0 unspecified atom stereocenters. The van der Waals surface area contributed by atoms with Crippen molar-refractivity contribution in [2.45, 2.75) is 50.5 Å². The lowest BCUT2D eigenvalue weighted by atomic mass is 9.82. The monoisotopic (exact) mass is 305 g/mol. The Morgan fingerprint density at radius 1 is 1.27 bits per heavy atom. The van der Waals surface area contributed by atoms with Crippen LogP contribution in [0, 0.1) is 0 Å². The minimum absolute atomic E-state index is 0.0271.